The van der Waals surface area contributed by atoms with Crippen LogP contribution in [0.3, 0.4) is 0 Å². The highest BCUT2D eigenvalue weighted by Crippen LogP contribution is 2.55. The topological polar surface area (TPSA) is 125 Å². The number of rotatable bonds is 6. The van der Waals surface area contributed by atoms with Crippen molar-refractivity contribution in [1.82, 2.24) is 28.7 Å². The smallest absolute Gasteiger partial charge is 0.145 e. The van der Waals surface area contributed by atoms with Gasteiger partial charge in [-0.05, 0) is 53.1 Å². The van der Waals surface area contributed by atoms with Gasteiger partial charge in [0.1, 0.15) is 35.3 Å². The SMILES string of the molecule is N#C/C(=C1/SC[C@@H](c2ccc(Cl)cc2Cl)S1)n1ccnc1.N#C/C(=C1/SC[C@H](c2ccc(Cl)cc2Cl)S1)n1ccnc1.N#C/C(=C1\SC[C@@H](c2ccc(Cl)cc2Cl)S1)n1ccnc1. The Hall–Kier alpha value is -3.18. The minimum atomic E-state index is 0.224. The first-order chi connectivity index (χ1) is 30.6. The summed E-state index contributed by atoms with van der Waals surface area (Å²) in [6, 6.07) is 23.4. The van der Waals surface area contributed by atoms with E-state index in [0.29, 0.717) is 47.2 Å². The van der Waals surface area contributed by atoms with E-state index in [0.717, 1.165) is 46.7 Å². The van der Waals surface area contributed by atoms with Gasteiger partial charge in [0, 0.05) is 100 Å². The van der Waals surface area contributed by atoms with E-state index in [-0.39, 0.29) is 15.7 Å². The van der Waals surface area contributed by atoms with Crippen molar-refractivity contribution in [3.8, 4) is 18.2 Å². The summed E-state index contributed by atoms with van der Waals surface area (Å²) in [5, 5.41) is 32.7. The number of thioether (sulfide) groups is 6. The zero-order valence-electron chi connectivity index (χ0n) is 32.0. The summed E-state index contributed by atoms with van der Waals surface area (Å²) in [5.41, 5.74) is 4.98. The van der Waals surface area contributed by atoms with E-state index in [2.05, 4.69) is 33.2 Å². The summed E-state index contributed by atoms with van der Waals surface area (Å²) >= 11 is 46.6. The lowest BCUT2D eigenvalue weighted by molar-refractivity contribution is 1.10. The number of aromatic nitrogens is 6. The van der Waals surface area contributed by atoms with Crippen LogP contribution < -0.4 is 0 Å². The van der Waals surface area contributed by atoms with Crippen LogP contribution in [0.25, 0.3) is 17.1 Å². The summed E-state index contributed by atoms with van der Waals surface area (Å²) < 4.78 is 8.19. The number of benzene rings is 3. The highest BCUT2D eigenvalue weighted by molar-refractivity contribution is 8.26. The predicted molar refractivity (Wildman–Crippen MR) is 271 cm³/mol. The zero-order chi connectivity index (χ0) is 44.5. The Bertz CT molecular complexity index is 2510. The van der Waals surface area contributed by atoms with E-state index in [1.54, 1.807) is 159 Å². The molecule has 6 aromatic rings. The van der Waals surface area contributed by atoms with Crippen molar-refractivity contribution >= 4 is 157 Å². The number of hydrogen-bond donors (Lipinski definition) is 0. The number of hydrogen-bond acceptors (Lipinski definition) is 12. The third kappa shape index (κ3) is 12.0. The minimum Gasteiger partial charge on any atom is -0.296 e. The van der Waals surface area contributed by atoms with Gasteiger partial charge in [-0.1, -0.05) is 87.8 Å². The van der Waals surface area contributed by atoms with E-state index in [9.17, 15) is 15.8 Å². The first-order valence-corrected chi connectivity index (χ1v) is 26.0. The summed E-state index contributed by atoms with van der Waals surface area (Å²) in [7, 11) is 0. The number of allylic oxidation sites excluding steroid dienone is 3. The van der Waals surface area contributed by atoms with Crippen LogP contribution in [-0.2, 0) is 0 Å². The molecule has 0 radical (unpaired) electrons. The minimum absolute atomic E-state index is 0.224. The number of nitriles is 3. The van der Waals surface area contributed by atoms with Crippen LogP contribution in [0.5, 0.6) is 0 Å². The van der Waals surface area contributed by atoms with Crippen LogP contribution in [-0.4, -0.2) is 45.9 Å². The molecule has 3 fully saturated rings. The molecule has 0 saturated carbocycles. The lowest BCUT2D eigenvalue weighted by Crippen LogP contribution is -1.93. The molecule has 0 N–H and O–H groups in total. The van der Waals surface area contributed by atoms with Crippen LogP contribution >= 0.6 is 140 Å². The van der Waals surface area contributed by atoms with E-state index < -0.39 is 0 Å². The van der Waals surface area contributed by atoms with Gasteiger partial charge in [-0.3, -0.25) is 13.7 Å². The fraction of sp³-hybridized carbons (Fsp3) is 0.143. The predicted octanol–water partition coefficient (Wildman–Crippen LogP) is 15.2. The Labute approximate surface area is 419 Å². The van der Waals surface area contributed by atoms with Crippen LogP contribution in [0.1, 0.15) is 32.4 Å². The molecule has 3 aliphatic rings. The van der Waals surface area contributed by atoms with Crippen molar-refractivity contribution < 1.29 is 0 Å². The molecule has 3 saturated heterocycles. The molecule has 0 spiro atoms. The average Bonchev–Trinajstić information content (AvgIpc) is 4.12. The second-order valence-corrected chi connectivity index (χ2v) is 22.9. The molecular weight excluding hydrogens is 1040 g/mol. The maximum Gasteiger partial charge on any atom is 0.145 e. The van der Waals surface area contributed by atoms with E-state index in [4.69, 9.17) is 69.6 Å². The number of imidazole rings is 3. The van der Waals surface area contributed by atoms with Crippen molar-refractivity contribution in [2.75, 3.05) is 17.3 Å². The summed E-state index contributed by atoms with van der Waals surface area (Å²) in [6.45, 7) is 0. The second kappa shape index (κ2) is 22.8. The maximum absolute atomic E-state index is 9.38. The Morgan fingerprint density at radius 3 is 0.984 bits per heavy atom. The fourth-order valence-electron chi connectivity index (χ4n) is 5.97. The average molecular weight is 1060 g/mol. The van der Waals surface area contributed by atoms with Gasteiger partial charge < -0.3 is 0 Å². The Morgan fingerprint density at radius 1 is 0.476 bits per heavy atom. The first-order valence-electron chi connectivity index (χ1n) is 18.2. The van der Waals surface area contributed by atoms with Gasteiger partial charge in [0.25, 0.3) is 0 Å². The van der Waals surface area contributed by atoms with Gasteiger partial charge in [0.2, 0.25) is 0 Å². The fourth-order valence-corrected chi connectivity index (χ4v) is 16.6. The van der Waals surface area contributed by atoms with Crippen LogP contribution in [0.15, 0.2) is 123 Å². The molecule has 0 amide bonds. The van der Waals surface area contributed by atoms with Gasteiger partial charge >= 0.3 is 0 Å². The Kier molecular flexibility index (Phi) is 17.3. The molecule has 3 aromatic heterocycles. The molecule has 0 aliphatic carbocycles. The van der Waals surface area contributed by atoms with Gasteiger partial charge in [0.05, 0.1) is 31.7 Å². The molecule has 3 aromatic carbocycles. The lowest BCUT2D eigenvalue weighted by atomic mass is 10.2. The molecule has 0 unspecified atom stereocenters. The second-order valence-electron chi connectivity index (χ2n) is 12.9. The zero-order valence-corrected chi connectivity index (χ0v) is 41.4. The van der Waals surface area contributed by atoms with E-state index in [1.807, 2.05) is 36.4 Å². The standard InChI is InChI=1S/3C14H9Cl2N3S2/c3*15-9-1-2-10(11(16)5-9)13-7-20-14(21-13)12(6-17)19-4-3-18-8-19/h3*1-5,8,13H,7H2/b2*14-12+;14-12-/t3*13-/m100/s1. The van der Waals surface area contributed by atoms with Gasteiger partial charge in [0.15, 0.2) is 0 Å². The lowest BCUT2D eigenvalue weighted by Gasteiger charge is -2.10. The molecule has 9 nitrogen and oxygen atoms in total. The quantitative estimate of drug-likeness (QED) is 0.147. The monoisotopic (exact) mass is 1060 g/mol. The third-order valence-corrected chi connectivity index (χ3v) is 19.4. The molecular formula is C42H27Cl6N9S6. The van der Waals surface area contributed by atoms with Crippen LogP contribution in [0, 0.1) is 34.0 Å². The molecule has 318 valence electrons. The highest BCUT2D eigenvalue weighted by atomic mass is 35.5. The molecule has 0 bridgehead atoms. The largest absolute Gasteiger partial charge is 0.296 e. The van der Waals surface area contributed by atoms with E-state index in [1.165, 1.54) is 0 Å². The normalized spacial score (nSPS) is 20.3. The summed E-state index contributed by atoms with van der Waals surface area (Å²) in [5.74, 6) is 2.63. The van der Waals surface area contributed by atoms with Crippen molar-refractivity contribution in [2.45, 2.75) is 15.7 Å². The van der Waals surface area contributed by atoms with Crippen molar-refractivity contribution in [1.29, 1.82) is 15.8 Å². The highest BCUT2D eigenvalue weighted by Gasteiger charge is 2.30. The van der Waals surface area contributed by atoms with Crippen molar-refractivity contribution in [2.24, 2.45) is 0 Å². The Balaban J connectivity index is 0.000000142. The molecule has 3 aliphatic heterocycles. The Morgan fingerprint density at radius 2 is 0.762 bits per heavy atom. The van der Waals surface area contributed by atoms with Crippen LogP contribution in [0.2, 0.25) is 30.1 Å². The molecule has 6 heterocycles. The van der Waals surface area contributed by atoms with Gasteiger partial charge in [-0.2, -0.15) is 15.8 Å². The van der Waals surface area contributed by atoms with Gasteiger partial charge in [-0.15, -0.1) is 70.6 Å². The molecule has 3 atom stereocenters. The summed E-state index contributed by atoms with van der Waals surface area (Å²) in [4.78, 5) is 12.0. The summed E-state index contributed by atoms with van der Waals surface area (Å²) in [6.07, 6.45) is 15.2. The van der Waals surface area contributed by atoms with Crippen LogP contribution in [0.4, 0.5) is 0 Å². The molecule has 63 heavy (non-hydrogen) atoms. The van der Waals surface area contributed by atoms with Crippen molar-refractivity contribution in [3.63, 3.8) is 0 Å². The van der Waals surface area contributed by atoms with Gasteiger partial charge in [-0.25, -0.2) is 15.0 Å². The number of nitrogens with zero attached hydrogens (tertiary/aromatic N) is 9. The maximum atomic E-state index is 9.38. The van der Waals surface area contributed by atoms with E-state index >= 15 is 0 Å². The third-order valence-electron chi connectivity index (χ3n) is 8.96. The first kappa shape index (κ1) is 47.8. The van der Waals surface area contributed by atoms with Crippen molar-refractivity contribution in [3.05, 3.63) is 170 Å². The molecule has 21 heteroatoms. The molecule has 9 rings (SSSR count). The number of halogens is 6.